The third-order valence-electron chi connectivity index (χ3n) is 2.71. The van der Waals surface area contributed by atoms with Crippen LogP contribution in [0.25, 0.3) is 0 Å². The molecule has 100 valence electrons. The SMILES string of the molecule is CSc1cccc(N(C)N)c1COc1ccccn1. The van der Waals surface area contributed by atoms with E-state index in [1.54, 1.807) is 23.0 Å². The number of thioether (sulfide) groups is 1. The molecule has 0 atom stereocenters. The van der Waals surface area contributed by atoms with Gasteiger partial charge in [-0.25, -0.2) is 10.8 Å². The van der Waals surface area contributed by atoms with Gasteiger partial charge in [-0.1, -0.05) is 12.1 Å². The lowest BCUT2D eigenvalue weighted by Crippen LogP contribution is -2.26. The topological polar surface area (TPSA) is 51.4 Å². The van der Waals surface area contributed by atoms with Crippen LogP contribution >= 0.6 is 11.8 Å². The number of nitrogens with two attached hydrogens (primary N) is 1. The molecule has 5 heteroatoms. The van der Waals surface area contributed by atoms with Gasteiger partial charge in [-0.05, 0) is 24.5 Å². The fourth-order valence-electron chi connectivity index (χ4n) is 1.80. The van der Waals surface area contributed by atoms with E-state index in [2.05, 4.69) is 11.1 Å². The molecule has 19 heavy (non-hydrogen) atoms. The van der Waals surface area contributed by atoms with Crippen LogP contribution < -0.4 is 15.6 Å². The molecule has 0 saturated carbocycles. The monoisotopic (exact) mass is 275 g/mol. The number of hydrazine groups is 1. The van der Waals surface area contributed by atoms with Crippen molar-refractivity contribution in [3.8, 4) is 5.88 Å². The molecule has 0 saturated heterocycles. The van der Waals surface area contributed by atoms with Crippen LogP contribution in [-0.2, 0) is 6.61 Å². The third kappa shape index (κ3) is 3.39. The van der Waals surface area contributed by atoms with Gasteiger partial charge in [0.25, 0.3) is 0 Å². The predicted octanol–water partition coefficient (Wildman–Crippen LogP) is 2.69. The van der Waals surface area contributed by atoms with Crippen LogP contribution in [0.5, 0.6) is 5.88 Å². The smallest absolute Gasteiger partial charge is 0.213 e. The molecule has 2 aromatic rings. The normalized spacial score (nSPS) is 10.3. The molecule has 1 heterocycles. The summed E-state index contributed by atoms with van der Waals surface area (Å²) in [5, 5.41) is 1.61. The zero-order valence-corrected chi connectivity index (χ0v) is 11.9. The van der Waals surface area contributed by atoms with E-state index in [4.69, 9.17) is 10.6 Å². The highest BCUT2D eigenvalue weighted by Crippen LogP contribution is 2.29. The summed E-state index contributed by atoms with van der Waals surface area (Å²) in [6.07, 6.45) is 3.76. The Morgan fingerprint density at radius 1 is 1.26 bits per heavy atom. The van der Waals surface area contributed by atoms with Gasteiger partial charge in [0.1, 0.15) is 6.61 Å². The van der Waals surface area contributed by atoms with E-state index in [9.17, 15) is 0 Å². The molecular weight excluding hydrogens is 258 g/mol. The number of hydrogen-bond donors (Lipinski definition) is 1. The lowest BCUT2D eigenvalue weighted by molar-refractivity contribution is 0.291. The molecule has 0 spiro atoms. The van der Waals surface area contributed by atoms with Crippen LogP contribution in [-0.4, -0.2) is 18.3 Å². The van der Waals surface area contributed by atoms with E-state index in [1.807, 2.05) is 43.6 Å². The van der Waals surface area contributed by atoms with Crippen LogP contribution in [0.1, 0.15) is 5.56 Å². The van der Waals surface area contributed by atoms with Gasteiger partial charge >= 0.3 is 0 Å². The van der Waals surface area contributed by atoms with E-state index in [0.29, 0.717) is 12.5 Å². The maximum atomic E-state index is 5.86. The molecule has 2 rings (SSSR count). The molecule has 1 aromatic heterocycles. The number of aromatic nitrogens is 1. The second-order valence-corrected chi connectivity index (χ2v) is 4.87. The summed E-state index contributed by atoms with van der Waals surface area (Å²) in [6.45, 7) is 0.449. The Morgan fingerprint density at radius 2 is 2.11 bits per heavy atom. The molecule has 4 nitrogen and oxygen atoms in total. The Hall–Kier alpha value is -1.72. The lowest BCUT2D eigenvalue weighted by atomic mass is 10.2. The zero-order chi connectivity index (χ0) is 13.7. The number of hydrogen-bond acceptors (Lipinski definition) is 5. The van der Waals surface area contributed by atoms with Gasteiger partial charge in [-0.2, -0.15) is 0 Å². The maximum absolute atomic E-state index is 5.86. The second-order valence-electron chi connectivity index (χ2n) is 4.03. The van der Waals surface area contributed by atoms with Gasteiger partial charge in [0.05, 0.1) is 5.69 Å². The fraction of sp³-hybridized carbons (Fsp3) is 0.214. The number of rotatable bonds is 5. The number of benzene rings is 1. The molecule has 2 N–H and O–H groups in total. The number of ether oxygens (including phenoxy) is 1. The molecule has 0 radical (unpaired) electrons. The Bertz CT molecular complexity index is 531. The maximum Gasteiger partial charge on any atom is 0.213 e. The van der Waals surface area contributed by atoms with E-state index >= 15 is 0 Å². The highest BCUT2D eigenvalue weighted by atomic mass is 32.2. The van der Waals surface area contributed by atoms with Crippen molar-refractivity contribution in [2.24, 2.45) is 5.84 Å². The number of pyridine rings is 1. The summed E-state index contributed by atoms with van der Waals surface area (Å²) in [4.78, 5) is 5.31. The van der Waals surface area contributed by atoms with E-state index < -0.39 is 0 Å². The first-order chi connectivity index (χ1) is 9.22. The van der Waals surface area contributed by atoms with Gasteiger partial charge < -0.3 is 9.75 Å². The Labute approximate surface area is 117 Å². The van der Waals surface area contributed by atoms with E-state index in [1.165, 1.54) is 0 Å². The van der Waals surface area contributed by atoms with Crippen molar-refractivity contribution in [1.29, 1.82) is 0 Å². The van der Waals surface area contributed by atoms with Gasteiger partial charge in [-0.15, -0.1) is 11.8 Å². The minimum atomic E-state index is 0.449. The number of nitrogens with zero attached hydrogens (tertiary/aromatic N) is 2. The van der Waals surface area contributed by atoms with Crippen LogP contribution in [0.15, 0.2) is 47.5 Å². The van der Waals surface area contributed by atoms with E-state index in [0.717, 1.165) is 16.1 Å². The van der Waals surface area contributed by atoms with Gasteiger partial charge in [0, 0.05) is 29.8 Å². The van der Waals surface area contributed by atoms with Crippen LogP contribution in [0, 0.1) is 0 Å². The van der Waals surface area contributed by atoms with Crippen molar-refractivity contribution in [3.05, 3.63) is 48.2 Å². The molecule has 0 amide bonds. The zero-order valence-electron chi connectivity index (χ0n) is 11.0. The highest BCUT2D eigenvalue weighted by molar-refractivity contribution is 7.98. The highest BCUT2D eigenvalue weighted by Gasteiger charge is 2.10. The summed E-state index contributed by atoms with van der Waals surface area (Å²) >= 11 is 1.68. The lowest BCUT2D eigenvalue weighted by Gasteiger charge is -2.19. The van der Waals surface area contributed by atoms with Crippen molar-refractivity contribution in [2.75, 3.05) is 18.3 Å². The molecule has 0 unspecified atom stereocenters. The predicted molar refractivity (Wildman–Crippen MR) is 79.4 cm³/mol. The van der Waals surface area contributed by atoms with Crippen molar-refractivity contribution < 1.29 is 4.74 Å². The van der Waals surface area contributed by atoms with Crippen LogP contribution in [0.4, 0.5) is 5.69 Å². The van der Waals surface area contributed by atoms with Crippen molar-refractivity contribution in [3.63, 3.8) is 0 Å². The summed E-state index contributed by atoms with van der Waals surface area (Å²) in [6, 6.07) is 11.6. The van der Waals surface area contributed by atoms with Crippen molar-refractivity contribution in [1.82, 2.24) is 4.98 Å². The summed E-state index contributed by atoms with van der Waals surface area (Å²) in [7, 11) is 1.82. The van der Waals surface area contributed by atoms with Crippen LogP contribution in [0.3, 0.4) is 0 Å². The van der Waals surface area contributed by atoms with Crippen molar-refractivity contribution >= 4 is 17.4 Å². The fourth-order valence-corrected chi connectivity index (χ4v) is 2.42. The van der Waals surface area contributed by atoms with Crippen LogP contribution in [0.2, 0.25) is 0 Å². The first-order valence-corrected chi connectivity index (χ1v) is 7.13. The van der Waals surface area contributed by atoms with E-state index in [-0.39, 0.29) is 0 Å². The Kier molecular flexibility index (Phi) is 4.65. The minimum absolute atomic E-state index is 0.449. The molecule has 0 aliphatic rings. The minimum Gasteiger partial charge on any atom is -0.473 e. The third-order valence-corrected chi connectivity index (χ3v) is 3.53. The van der Waals surface area contributed by atoms with Crippen molar-refractivity contribution in [2.45, 2.75) is 11.5 Å². The Morgan fingerprint density at radius 3 is 2.74 bits per heavy atom. The average Bonchev–Trinajstić information content (AvgIpc) is 2.45. The van der Waals surface area contributed by atoms with Gasteiger partial charge in [0.2, 0.25) is 5.88 Å². The molecule has 0 aliphatic heterocycles. The summed E-state index contributed by atoms with van der Waals surface area (Å²) in [5.41, 5.74) is 2.04. The molecular formula is C14H17N3OS. The molecule has 0 bridgehead atoms. The standard InChI is InChI=1S/C14H17N3OS/c1-17(15)12-6-5-7-13(19-2)11(12)10-18-14-8-3-4-9-16-14/h3-9H,10,15H2,1-2H3. The Balaban J connectivity index is 2.23. The molecule has 0 fully saturated rings. The first-order valence-electron chi connectivity index (χ1n) is 5.90. The average molecular weight is 275 g/mol. The second kappa shape index (κ2) is 6.45. The largest absolute Gasteiger partial charge is 0.473 e. The quantitative estimate of drug-likeness (QED) is 0.516. The first kappa shape index (κ1) is 13.7. The molecule has 0 aliphatic carbocycles. The van der Waals surface area contributed by atoms with Gasteiger partial charge in [-0.3, -0.25) is 0 Å². The van der Waals surface area contributed by atoms with Gasteiger partial charge in [0.15, 0.2) is 0 Å². The number of anilines is 1. The summed E-state index contributed by atoms with van der Waals surface area (Å²) in [5.74, 6) is 6.47. The molecule has 1 aromatic carbocycles. The summed E-state index contributed by atoms with van der Waals surface area (Å²) < 4.78 is 5.72.